The van der Waals surface area contributed by atoms with Crippen LogP contribution in [0, 0.1) is 0 Å². The largest absolute Gasteiger partial charge is 0.477 e. The molecule has 0 aliphatic rings. The molecular weight excluding hydrogens is 272 g/mol. The molecule has 7 nitrogen and oxygen atoms in total. The summed E-state index contributed by atoms with van der Waals surface area (Å²) in [6.07, 6.45) is 1.24. The van der Waals surface area contributed by atoms with Gasteiger partial charge in [-0.3, -0.25) is 0 Å². The van der Waals surface area contributed by atoms with Crippen LogP contribution >= 0.6 is 0 Å². The monoisotopic (exact) mass is 290 g/mol. The summed E-state index contributed by atoms with van der Waals surface area (Å²) in [5, 5.41) is 18.5. The molecular formula is C11H18N2O5S. The van der Waals surface area contributed by atoms with Gasteiger partial charge in [-0.05, 0) is 19.9 Å². The summed E-state index contributed by atoms with van der Waals surface area (Å²) in [6, 6.07) is 1.10. The minimum Gasteiger partial charge on any atom is -0.477 e. The fraction of sp³-hybridized carbons (Fsp3) is 0.545. The van der Waals surface area contributed by atoms with E-state index in [-0.39, 0.29) is 17.1 Å². The second kappa shape index (κ2) is 4.95. The van der Waals surface area contributed by atoms with Gasteiger partial charge in [0, 0.05) is 26.8 Å². The van der Waals surface area contributed by atoms with Gasteiger partial charge in [0.1, 0.15) is 10.6 Å². The van der Waals surface area contributed by atoms with Gasteiger partial charge in [0.05, 0.1) is 5.60 Å². The van der Waals surface area contributed by atoms with Gasteiger partial charge in [0.25, 0.3) is 0 Å². The lowest BCUT2D eigenvalue weighted by Gasteiger charge is -2.24. The van der Waals surface area contributed by atoms with Gasteiger partial charge >= 0.3 is 5.97 Å². The molecule has 0 bridgehead atoms. The van der Waals surface area contributed by atoms with E-state index in [0.29, 0.717) is 0 Å². The average molecular weight is 290 g/mol. The van der Waals surface area contributed by atoms with Crippen molar-refractivity contribution in [1.29, 1.82) is 0 Å². The number of aryl methyl sites for hydroxylation is 1. The topological polar surface area (TPSA) is 99.8 Å². The number of hydrogen-bond donors (Lipinski definition) is 2. The van der Waals surface area contributed by atoms with E-state index in [9.17, 15) is 18.3 Å². The van der Waals surface area contributed by atoms with E-state index < -0.39 is 21.6 Å². The molecule has 0 amide bonds. The molecule has 0 saturated heterocycles. The fourth-order valence-electron chi connectivity index (χ4n) is 1.70. The van der Waals surface area contributed by atoms with E-state index in [1.807, 2.05) is 0 Å². The highest BCUT2D eigenvalue weighted by Gasteiger charge is 2.28. The molecule has 1 heterocycles. The van der Waals surface area contributed by atoms with E-state index in [1.54, 1.807) is 0 Å². The minimum atomic E-state index is -3.82. The standard InChI is InChI=1S/C11H18N2O5S/c1-11(2,16)7-13(4)19(17,18)8-5-9(10(14)15)12(3)6-8/h5-6,16H,7H2,1-4H3,(H,14,15). The Morgan fingerprint density at radius 3 is 2.37 bits per heavy atom. The first-order valence-electron chi connectivity index (χ1n) is 5.53. The van der Waals surface area contributed by atoms with Crippen LogP contribution in [-0.2, 0) is 17.1 Å². The minimum absolute atomic E-state index is 0.0906. The predicted molar refractivity (Wildman–Crippen MR) is 68.5 cm³/mol. The van der Waals surface area contributed by atoms with Crippen molar-refractivity contribution in [2.45, 2.75) is 24.3 Å². The first-order chi connectivity index (χ1) is 8.45. The Labute approximate surface area is 112 Å². The highest BCUT2D eigenvalue weighted by Crippen LogP contribution is 2.19. The summed E-state index contributed by atoms with van der Waals surface area (Å²) in [6.45, 7) is 2.89. The zero-order valence-electron chi connectivity index (χ0n) is 11.3. The van der Waals surface area contributed by atoms with E-state index in [1.165, 1.54) is 38.7 Å². The van der Waals surface area contributed by atoms with Crippen LogP contribution in [0.4, 0.5) is 0 Å². The maximum Gasteiger partial charge on any atom is 0.352 e. The van der Waals surface area contributed by atoms with Crippen molar-refractivity contribution >= 4 is 16.0 Å². The maximum atomic E-state index is 12.2. The molecule has 2 N–H and O–H groups in total. The Kier molecular flexibility index (Phi) is 4.08. The summed E-state index contributed by atoms with van der Waals surface area (Å²) in [7, 11) is -1.03. The van der Waals surface area contributed by atoms with Crippen LogP contribution < -0.4 is 0 Å². The second-order valence-electron chi connectivity index (χ2n) is 5.05. The zero-order chi connectivity index (χ0) is 15.0. The van der Waals surface area contributed by atoms with Crippen LogP contribution in [0.2, 0.25) is 0 Å². The van der Waals surface area contributed by atoms with Gasteiger partial charge in [-0.25, -0.2) is 13.2 Å². The fourth-order valence-corrected chi connectivity index (χ4v) is 3.10. The molecule has 1 aromatic heterocycles. The lowest BCUT2D eigenvalue weighted by atomic mass is 10.1. The number of hydrogen-bond acceptors (Lipinski definition) is 4. The number of aromatic carboxylic acids is 1. The third kappa shape index (κ3) is 3.55. The molecule has 0 unspecified atom stereocenters. The van der Waals surface area contributed by atoms with Crippen LogP contribution in [0.5, 0.6) is 0 Å². The Balaban J connectivity index is 3.14. The molecule has 0 aliphatic heterocycles. The molecule has 0 atom stereocenters. The predicted octanol–water partition coefficient (Wildman–Crippen LogP) is 0.115. The van der Waals surface area contributed by atoms with Gasteiger partial charge in [-0.2, -0.15) is 4.31 Å². The first-order valence-corrected chi connectivity index (χ1v) is 6.97. The van der Waals surface area contributed by atoms with Crippen LogP contribution in [0.1, 0.15) is 24.3 Å². The Bertz CT molecular complexity index is 583. The molecule has 108 valence electrons. The Hall–Kier alpha value is -1.38. The van der Waals surface area contributed by atoms with Crippen LogP contribution in [0.15, 0.2) is 17.2 Å². The van der Waals surface area contributed by atoms with Crippen molar-refractivity contribution in [3.8, 4) is 0 Å². The van der Waals surface area contributed by atoms with E-state index in [4.69, 9.17) is 5.11 Å². The van der Waals surface area contributed by atoms with Crippen molar-refractivity contribution in [2.24, 2.45) is 7.05 Å². The second-order valence-corrected chi connectivity index (χ2v) is 7.10. The third-order valence-corrected chi connectivity index (χ3v) is 4.29. The molecule has 0 spiro atoms. The lowest BCUT2D eigenvalue weighted by Crippen LogP contribution is -2.39. The lowest BCUT2D eigenvalue weighted by molar-refractivity contribution is 0.0638. The summed E-state index contributed by atoms with van der Waals surface area (Å²) < 4.78 is 26.6. The average Bonchev–Trinajstić information content (AvgIpc) is 2.58. The number of carboxylic acids is 1. The van der Waals surface area contributed by atoms with Gasteiger partial charge < -0.3 is 14.8 Å². The van der Waals surface area contributed by atoms with E-state index >= 15 is 0 Å². The number of carbonyl (C=O) groups is 1. The molecule has 0 saturated carbocycles. The van der Waals surface area contributed by atoms with Gasteiger partial charge in [-0.1, -0.05) is 0 Å². The molecule has 1 rings (SSSR count). The van der Waals surface area contributed by atoms with Crippen LogP contribution in [0.25, 0.3) is 0 Å². The molecule has 0 fully saturated rings. The smallest absolute Gasteiger partial charge is 0.352 e. The SMILES string of the molecule is CN(CC(C)(C)O)S(=O)(=O)c1cc(C(=O)O)n(C)c1. The van der Waals surface area contributed by atoms with Crippen molar-refractivity contribution in [1.82, 2.24) is 8.87 Å². The quantitative estimate of drug-likeness (QED) is 0.802. The summed E-state index contributed by atoms with van der Waals surface area (Å²) in [5.41, 5.74) is -1.29. The highest BCUT2D eigenvalue weighted by molar-refractivity contribution is 7.89. The molecule has 1 aromatic rings. The molecule has 0 radical (unpaired) electrons. The number of likely N-dealkylation sites (N-methyl/N-ethyl adjacent to an activating group) is 1. The van der Waals surface area contributed by atoms with E-state index in [2.05, 4.69) is 0 Å². The first kappa shape index (κ1) is 15.7. The zero-order valence-corrected chi connectivity index (χ0v) is 12.1. The molecule has 0 aromatic carbocycles. The summed E-state index contributed by atoms with van der Waals surface area (Å²) >= 11 is 0. The number of rotatable bonds is 5. The normalized spacial score (nSPS) is 12.9. The van der Waals surface area contributed by atoms with Crippen molar-refractivity contribution in [2.75, 3.05) is 13.6 Å². The van der Waals surface area contributed by atoms with E-state index in [0.717, 1.165) is 10.4 Å². The molecule has 19 heavy (non-hydrogen) atoms. The molecule has 8 heteroatoms. The van der Waals surface area contributed by atoms with Crippen molar-refractivity contribution in [3.05, 3.63) is 18.0 Å². The number of nitrogens with zero attached hydrogens (tertiary/aromatic N) is 2. The number of aliphatic hydroxyl groups is 1. The Morgan fingerprint density at radius 2 is 2.00 bits per heavy atom. The van der Waals surface area contributed by atoms with Gasteiger partial charge in [0.2, 0.25) is 10.0 Å². The summed E-state index contributed by atoms with van der Waals surface area (Å²) in [4.78, 5) is 10.8. The molecule has 0 aliphatic carbocycles. The number of aromatic nitrogens is 1. The van der Waals surface area contributed by atoms with Crippen LogP contribution in [0.3, 0.4) is 0 Å². The van der Waals surface area contributed by atoms with Crippen molar-refractivity contribution in [3.63, 3.8) is 0 Å². The van der Waals surface area contributed by atoms with Gasteiger partial charge in [0.15, 0.2) is 0 Å². The Morgan fingerprint density at radius 1 is 1.47 bits per heavy atom. The number of carboxylic acid groups (broad SMARTS) is 1. The van der Waals surface area contributed by atoms with Gasteiger partial charge in [-0.15, -0.1) is 0 Å². The highest BCUT2D eigenvalue weighted by atomic mass is 32.2. The third-order valence-electron chi connectivity index (χ3n) is 2.52. The van der Waals surface area contributed by atoms with Crippen molar-refractivity contribution < 1.29 is 23.4 Å². The summed E-state index contributed by atoms with van der Waals surface area (Å²) in [5.74, 6) is -1.20. The number of sulfonamides is 1. The maximum absolute atomic E-state index is 12.2. The van der Waals surface area contributed by atoms with Crippen LogP contribution in [-0.4, -0.2) is 52.7 Å².